The number of rotatable bonds is 6. The molecule has 1 atom stereocenters. The van der Waals surface area contributed by atoms with Crippen LogP contribution in [0.4, 0.5) is 5.69 Å². The van der Waals surface area contributed by atoms with E-state index in [-0.39, 0.29) is 33.8 Å². The van der Waals surface area contributed by atoms with Gasteiger partial charge in [0.15, 0.2) is 0 Å². The lowest BCUT2D eigenvalue weighted by molar-refractivity contribution is -0.120. The number of sulfone groups is 1. The van der Waals surface area contributed by atoms with Crippen molar-refractivity contribution in [3.05, 3.63) is 64.2 Å². The van der Waals surface area contributed by atoms with Gasteiger partial charge in [0.2, 0.25) is 5.91 Å². The second kappa shape index (κ2) is 8.26. The first-order chi connectivity index (χ1) is 14.1. The van der Waals surface area contributed by atoms with Crippen LogP contribution in [0.1, 0.15) is 32.7 Å². The Hall–Kier alpha value is -3.22. The SMILES string of the molecule is CS(=O)(=O)CCC(C(=O)Nc1ccc(C#N)c(Cl)c1)N1C(=O)c2ccccc2C1=O. The van der Waals surface area contributed by atoms with Crippen LogP contribution in [0, 0.1) is 11.3 Å². The van der Waals surface area contributed by atoms with Crippen molar-refractivity contribution in [2.24, 2.45) is 0 Å². The van der Waals surface area contributed by atoms with Crippen molar-refractivity contribution in [3.8, 4) is 6.07 Å². The summed E-state index contributed by atoms with van der Waals surface area (Å²) in [6.45, 7) is 0. The highest BCUT2D eigenvalue weighted by Gasteiger charge is 2.42. The number of imide groups is 1. The van der Waals surface area contributed by atoms with Gasteiger partial charge in [-0.2, -0.15) is 5.26 Å². The van der Waals surface area contributed by atoms with Crippen molar-refractivity contribution >= 4 is 44.8 Å². The monoisotopic (exact) mass is 445 g/mol. The molecule has 0 fully saturated rings. The molecule has 154 valence electrons. The zero-order valence-corrected chi connectivity index (χ0v) is 17.3. The zero-order chi connectivity index (χ0) is 22.1. The Kier molecular flexibility index (Phi) is 5.92. The van der Waals surface area contributed by atoms with E-state index in [2.05, 4.69) is 5.32 Å². The number of nitrogens with zero attached hydrogens (tertiary/aromatic N) is 2. The maximum absolute atomic E-state index is 13.0. The molecule has 0 saturated heterocycles. The van der Waals surface area contributed by atoms with Crippen LogP contribution >= 0.6 is 11.6 Å². The molecule has 10 heteroatoms. The van der Waals surface area contributed by atoms with E-state index in [0.717, 1.165) is 11.2 Å². The van der Waals surface area contributed by atoms with Crippen molar-refractivity contribution in [1.29, 1.82) is 5.26 Å². The number of carbonyl (C=O) groups excluding carboxylic acids is 3. The van der Waals surface area contributed by atoms with Crippen LogP contribution < -0.4 is 5.32 Å². The number of amides is 3. The van der Waals surface area contributed by atoms with E-state index in [4.69, 9.17) is 16.9 Å². The summed E-state index contributed by atoms with van der Waals surface area (Å²) in [5.74, 6) is -2.47. The number of nitrogens with one attached hydrogen (secondary N) is 1. The predicted octanol–water partition coefficient (Wildman–Crippen LogP) is 2.25. The van der Waals surface area contributed by atoms with E-state index in [0.29, 0.717) is 0 Å². The molecule has 0 aliphatic carbocycles. The van der Waals surface area contributed by atoms with Crippen LogP contribution in [0.5, 0.6) is 0 Å². The van der Waals surface area contributed by atoms with E-state index in [9.17, 15) is 22.8 Å². The standard InChI is InChI=1S/C20H16ClN3O5S/c1-30(28,29)9-8-17(18(25)23-13-7-6-12(11-22)16(21)10-13)24-19(26)14-4-2-3-5-15(14)20(24)27/h2-7,10,17H,8-9H2,1H3,(H,23,25). The summed E-state index contributed by atoms with van der Waals surface area (Å²) >= 11 is 5.98. The minimum Gasteiger partial charge on any atom is -0.324 e. The van der Waals surface area contributed by atoms with Crippen molar-refractivity contribution in [1.82, 2.24) is 4.90 Å². The molecule has 0 bridgehead atoms. The number of halogens is 1. The van der Waals surface area contributed by atoms with Gasteiger partial charge in [0.1, 0.15) is 21.9 Å². The van der Waals surface area contributed by atoms with Gasteiger partial charge < -0.3 is 5.32 Å². The average molecular weight is 446 g/mol. The highest BCUT2D eigenvalue weighted by molar-refractivity contribution is 7.90. The summed E-state index contributed by atoms with van der Waals surface area (Å²) in [6, 6.07) is 10.9. The Morgan fingerprint density at radius 2 is 1.77 bits per heavy atom. The topological polar surface area (TPSA) is 124 Å². The fourth-order valence-electron chi connectivity index (χ4n) is 3.10. The molecule has 1 heterocycles. The highest BCUT2D eigenvalue weighted by atomic mass is 35.5. The third-order valence-electron chi connectivity index (χ3n) is 4.56. The van der Waals surface area contributed by atoms with Crippen LogP contribution in [0.25, 0.3) is 0 Å². The van der Waals surface area contributed by atoms with Crippen molar-refractivity contribution in [2.75, 3.05) is 17.3 Å². The molecule has 0 saturated carbocycles. The Labute approximate surface area is 178 Å². The van der Waals surface area contributed by atoms with E-state index < -0.39 is 39.4 Å². The first-order valence-electron chi connectivity index (χ1n) is 8.77. The zero-order valence-electron chi connectivity index (χ0n) is 15.8. The van der Waals surface area contributed by atoms with Gasteiger partial charge in [-0.1, -0.05) is 23.7 Å². The third-order valence-corrected chi connectivity index (χ3v) is 5.85. The molecule has 2 aromatic rings. The Morgan fingerprint density at radius 1 is 1.17 bits per heavy atom. The lowest BCUT2D eigenvalue weighted by atomic mass is 10.1. The Bertz CT molecular complexity index is 1170. The number of hydrogen-bond acceptors (Lipinski definition) is 6. The molecule has 3 amide bonds. The van der Waals surface area contributed by atoms with Crippen LogP contribution in [-0.4, -0.2) is 49.1 Å². The molecule has 1 unspecified atom stereocenters. The number of nitriles is 1. The smallest absolute Gasteiger partial charge is 0.262 e. The molecule has 1 N–H and O–H groups in total. The lowest BCUT2D eigenvalue weighted by Gasteiger charge is -2.25. The van der Waals surface area contributed by atoms with Gasteiger partial charge in [0.25, 0.3) is 11.8 Å². The molecule has 3 rings (SSSR count). The number of hydrogen-bond donors (Lipinski definition) is 1. The first kappa shape index (κ1) is 21.5. The van der Waals surface area contributed by atoms with Gasteiger partial charge >= 0.3 is 0 Å². The molecule has 0 spiro atoms. The van der Waals surface area contributed by atoms with Gasteiger partial charge in [0.05, 0.1) is 27.5 Å². The summed E-state index contributed by atoms with van der Waals surface area (Å²) in [4.78, 5) is 39.3. The summed E-state index contributed by atoms with van der Waals surface area (Å²) in [5, 5.41) is 11.6. The third kappa shape index (κ3) is 4.35. The van der Waals surface area contributed by atoms with Crippen LogP contribution in [0.2, 0.25) is 5.02 Å². The van der Waals surface area contributed by atoms with Crippen molar-refractivity contribution < 1.29 is 22.8 Å². The van der Waals surface area contributed by atoms with Gasteiger partial charge in [0, 0.05) is 11.9 Å². The molecular weight excluding hydrogens is 430 g/mol. The van der Waals surface area contributed by atoms with Gasteiger partial charge in [-0.15, -0.1) is 0 Å². The average Bonchev–Trinajstić information content (AvgIpc) is 2.93. The van der Waals surface area contributed by atoms with E-state index in [1.165, 1.54) is 30.3 Å². The minimum atomic E-state index is -3.46. The molecular formula is C20H16ClN3O5S. The number of fused-ring (bicyclic) bond motifs is 1. The lowest BCUT2D eigenvalue weighted by Crippen LogP contribution is -2.48. The Morgan fingerprint density at radius 3 is 2.27 bits per heavy atom. The summed E-state index contributed by atoms with van der Waals surface area (Å²) in [6.07, 6.45) is 0.741. The molecule has 0 aromatic heterocycles. The first-order valence-corrected chi connectivity index (χ1v) is 11.2. The van der Waals surface area contributed by atoms with Gasteiger partial charge in [-0.25, -0.2) is 8.42 Å². The van der Waals surface area contributed by atoms with Crippen LogP contribution in [0.3, 0.4) is 0 Å². The van der Waals surface area contributed by atoms with E-state index >= 15 is 0 Å². The van der Waals surface area contributed by atoms with Gasteiger partial charge in [-0.3, -0.25) is 19.3 Å². The second-order valence-corrected chi connectivity index (χ2v) is 9.42. The number of carbonyl (C=O) groups is 3. The van der Waals surface area contributed by atoms with Crippen LogP contribution in [0.15, 0.2) is 42.5 Å². The summed E-state index contributed by atoms with van der Waals surface area (Å²) in [7, 11) is -3.46. The Balaban J connectivity index is 1.92. The predicted molar refractivity (Wildman–Crippen MR) is 110 cm³/mol. The highest BCUT2D eigenvalue weighted by Crippen LogP contribution is 2.27. The number of anilines is 1. The normalized spacial score (nSPS) is 14.2. The minimum absolute atomic E-state index is 0.115. The second-order valence-electron chi connectivity index (χ2n) is 6.76. The molecule has 30 heavy (non-hydrogen) atoms. The molecule has 1 aliphatic heterocycles. The maximum atomic E-state index is 13.0. The molecule has 1 aliphatic rings. The van der Waals surface area contributed by atoms with Gasteiger partial charge in [-0.05, 0) is 36.8 Å². The van der Waals surface area contributed by atoms with Crippen LogP contribution in [-0.2, 0) is 14.6 Å². The number of benzene rings is 2. The van der Waals surface area contributed by atoms with E-state index in [1.807, 2.05) is 6.07 Å². The molecule has 0 radical (unpaired) electrons. The fraction of sp³-hybridized carbons (Fsp3) is 0.200. The largest absolute Gasteiger partial charge is 0.324 e. The quantitative estimate of drug-likeness (QED) is 0.680. The van der Waals surface area contributed by atoms with E-state index in [1.54, 1.807) is 12.1 Å². The summed E-state index contributed by atoms with van der Waals surface area (Å²) < 4.78 is 23.3. The fourth-order valence-corrected chi connectivity index (χ4v) is 3.98. The summed E-state index contributed by atoms with van der Waals surface area (Å²) in [5.41, 5.74) is 0.760. The molecule has 2 aromatic carbocycles. The maximum Gasteiger partial charge on any atom is 0.262 e. The van der Waals surface area contributed by atoms with Crippen molar-refractivity contribution in [3.63, 3.8) is 0 Å². The van der Waals surface area contributed by atoms with Crippen molar-refractivity contribution in [2.45, 2.75) is 12.5 Å². The molecule has 8 nitrogen and oxygen atoms in total.